The molecule has 1 aromatic carbocycles. The number of nitrogens with zero attached hydrogens (tertiary/aromatic N) is 2. The smallest absolute Gasteiger partial charge is 0.344 e. The van der Waals surface area contributed by atoms with Gasteiger partial charge in [-0.05, 0) is 45.4 Å². The molecule has 0 aliphatic rings. The lowest BCUT2D eigenvalue weighted by atomic mass is 10.1. The Balaban J connectivity index is 2.06. The van der Waals surface area contributed by atoms with Crippen molar-refractivity contribution in [2.75, 3.05) is 11.9 Å². The third-order valence-corrected chi connectivity index (χ3v) is 4.52. The zero-order chi connectivity index (χ0) is 23.6. The standard InChI is InChI=1S/C22H21N3O7/c1-5-31-22(30)18-17(12(3)26)13(4)32-21(18)23-20(29)19-15(27)10-16(28)25(24-19)14-8-6-7-11(2)9-14/h6-10,27H,5H2,1-4H3,(H,23,29). The molecule has 2 N–H and O–H groups in total. The van der Waals surface area contributed by atoms with Gasteiger partial charge in [0.25, 0.3) is 11.5 Å². The predicted octanol–water partition coefficient (Wildman–Crippen LogP) is 2.78. The highest BCUT2D eigenvalue weighted by Crippen LogP contribution is 2.29. The molecule has 0 spiro atoms. The lowest BCUT2D eigenvalue weighted by Gasteiger charge is -2.10. The first-order chi connectivity index (χ1) is 15.1. The molecule has 0 fully saturated rings. The molecule has 3 aromatic rings. The topological polar surface area (TPSA) is 141 Å². The van der Waals surface area contributed by atoms with Gasteiger partial charge in [0, 0.05) is 6.07 Å². The fourth-order valence-corrected chi connectivity index (χ4v) is 3.17. The summed E-state index contributed by atoms with van der Waals surface area (Å²) in [5, 5.41) is 16.5. The van der Waals surface area contributed by atoms with E-state index in [4.69, 9.17) is 9.15 Å². The molecular formula is C22H21N3O7. The summed E-state index contributed by atoms with van der Waals surface area (Å²) >= 11 is 0. The van der Waals surface area contributed by atoms with Crippen LogP contribution in [-0.2, 0) is 4.74 Å². The maximum Gasteiger partial charge on any atom is 0.344 e. The van der Waals surface area contributed by atoms with Crippen LogP contribution in [-0.4, -0.2) is 39.2 Å². The summed E-state index contributed by atoms with van der Waals surface area (Å²) in [6.45, 7) is 6.16. The van der Waals surface area contributed by atoms with E-state index in [-0.39, 0.29) is 29.4 Å². The molecule has 166 valence electrons. The number of benzene rings is 1. The fourth-order valence-electron chi connectivity index (χ4n) is 3.17. The molecule has 0 bridgehead atoms. The Morgan fingerprint density at radius 2 is 1.91 bits per heavy atom. The van der Waals surface area contributed by atoms with Crippen LogP contribution in [0.25, 0.3) is 5.69 Å². The Morgan fingerprint density at radius 3 is 2.53 bits per heavy atom. The van der Waals surface area contributed by atoms with Crippen LogP contribution in [0.15, 0.2) is 39.5 Å². The number of nitrogens with one attached hydrogen (secondary N) is 1. The number of carbonyl (C=O) groups is 3. The van der Waals surface area contributed by atoms with Crippen LogP contribution < -0.4 is 10.9 Å². The van der Waals surface area contributed by atoms with E-state index < -0.39 is 34.7 Å². The van der Waals surface area contributed by atoms with Gasteiger partial charge < -0.3 is 14.3 Å². The SMILES string of the molecule is CCOC(=O)c1c(NC(=O)c2nn(-c3cccc(C)c3)c(=O)cc2O)oc(C)c1C(C)=O. The van der Waals surface area contributed by atoms with Gasteiger partial charge in [0.1, 0.15) is 11.3 Å². The molecule has 0 atom stereocenters. The monoisotopic (exact) mass is 439 g/mol. The summed E-state index contributed by atoms with van der Waals surface area (Å²) in [4.78, 5) is 49.6. The Labute approximate surface area is 182 Å². The molecule has 0 saturated heterocycles. The van der Waals surface area contributed by atoms with E-state index in [1.54, 1.807) is 25.1 Å². The van der Waals surface area contributed by atoms with Crippen molar-refractivity contribution in [3.05, 3.63) is 68.8 Å². The summed E-state index contributed by atoms with van der Waals surface area (Å²) in [6.07, 6.45) is 0. The van der Waals surface area contributed by atoms with Crippen LogP contribution in [0.2, 0.25) is 0 Å². The van der Waals surface area contributed by atoms with E-state index in [0.29, 0.717) is 5.69 Å². The molecule has 3 rings (SSSR count). The molecule has 1 amide bonds. The highest BCUT2D eigenvalue weighted by Gasteiger charge is 2.30. The average molecular weight is 439 g/mol. The van der Waals surface area contributed by atoms with E-state index in [0.717, 1.165) is 16.3 Å². The molecule has 0 saturated carbocycles. The van der Waals surface area contributed by atoms with Crippen molar-refractivity contribution in [3.63, 3.8) is 0 Å². The van der Waals surface area contributed by atoms with E-state index in [1.165, 1.54) is 13.8 Å². The van der Waals surface area contributed by atoms with Crippen LogP contribution in [0.4, 0.5) is 5.88 Å². The summed E-state index contributed by atoms with van der Waals surface area (Å²) in [5.41, 5.74) is -0.151. The zero-order valence-electron chi connectivity index (χ0n) is 17.9. The summed E-state index contributed by atoms with van der Waals surface area (Å²) in [7, 11) is 0. The van der Waals surface area contributed by atoms with Crippen molar-refractivity contribution in [1.82, 2.24) is 9.78 Å². The van der Waals surface area contributed by atoms with Gasteiger partial charge in [-0.3, -0.25) is 19.7 Å². The lowest BCUT2D eigenvalue weighted by Crippen LogP contribution is -2.25. The first-order valence-electron chi connectivity index (χ1n) is 9.67. The highest BCUT2D eigenvalue weighted by molar-refractivity contribution is 6.12. The molecule has 0 radical (unpaired) electrons. The number of esters is 1. The maximum atomic E-state index is 12.9. The Kier molecular flexibility index (Phi) is 6.24. The van der Waals surface area contributed by atoms with Gasteiger partial charge in [0.05, 0.1) is 17.9 Å². The predicted molar refractivity (Wildman–Crippen MR) is 114 cm³/mol. The molecule has 10 heteroatoms. The number of hydrogen-bond acceptors (Lipinski definition) is 8. The van der Waals surface area contributed by atoms with Gasteiger partial charge in [-0.2, -0.15) is 9.78 Å². The van der Waals surface area contributed by atoms with Crippen molar-refractivity contribution < 1.29 is 28.6 Å². The Morgan fingerprint density at radius 1 is 1.19 bits per heavy atom. The van der Waals surface area contributed by atoms with Crippen LogP contribution in [0, 0.1) is 13.8 Å². The second kappa shape index (κ2) is 8.88. The van der Waals surface area contributed by atoms with Gasteiger partial charge in [-0.15, -0.1) is 0 Å². The first-order valence-corrected chi connectivity index (χ1v) is 9.67. The first kappa shape index (κ1) is 22.5. The Bertz CT molecular complexity index is 1290. The molecule has 2 aromatic heterocycles. The minimum Gasteiger partial charge on any atom is -0.505 e. The molecule has 10 nitrogen and oxygen atoms in total. The second-order valence-corrected chi connectivity index (χ2v) is 6.94. The lowest BCUT2D eigenvalue weighted by molar-refractivity contribution is 0.0524. The number of aryl methyl sites for hydroxylation is 2. The van der Waals surface area contributed by atoms with E-state index >= 15 is 0 Å². The number of ether oxygens (including phenoxy) is 1. The van der Waals surface area contributed by atoms with Crippen molar-refractivity contribution in [2.24, 2.45) is 0 Å². The Hall–Kier alpha value is -4.21. The molecule has 0 aliphatic heterocycles. The molecule has 32 heavy (non-hydrogen) atoms. The van der Waals surface area contributed by atoms with Gasteiger partial charge in [-0.25, -0.2) is 4.79 Å². The summed E-state index contributed by atoms with van der Waals surface area (Å²) < 4.78 is 11.4. The zero-order valence-corrected chi connectivity index (χ0v) is 17.9. The number of amides is 1. The molecular weight excluding hydrogens is 418 g/mol. The third kappa shape index (κ3) is 4.29. The van der Waals surface area contributed by atoms with Crippen molar-refractivity contribution in [1.29, 1.82) is 0 Å². The number of rotatable bonds is 6. The fraction of sp³-hybridized carbons (Fsp3) is 0.227. The minimum absolute atomic E-state index is 0.0272. The number of anilines is 1. The third-order valence-electron chi connectivity index (χ3n) is 4.52. The van der Waals surface area contributed by atoms with Crippen LogP contribution in [0.3, 0.4) is 0 Å². The summed E-state index contributed by atoms with van der Waals surface area (Å²) in [5.74, 6) is -3.15. The number of carbonyl (C=O) groups excluding carboxylic acids is 3. The maximum absolute atomic E-state index is 12.9. The van der Waals surface area contributed by atoms with Crippen molar-refractivity contribution >= 4 is 23.5 Å². The molecule has 0 aliphatic carbocycles. The van der Waals surface area contributed by atoms with E-state index in [1.807, 2.05) is 13.0 Å². The van der Waals surface area contributed by atoms with Gasteiger partial charge in [0.2, 0.25) is 5.88 Å². The number of ketones is 1. The van der Waals surface area contributed by atoms with Crippen LogP contribution in [0.1, 0.15) is 56.4 Å². The quantitative estimate of drug-likeness (QED) is 0.441. The number of Topliss-reactive ketones (excluding diaryl/α,β-unsaturated/α-hetero) is 1. The van der Waals surface area contributed by atoms with Crippen LogP contribution >= 0.6 is 0 Å². The average Bonchev–Trinajstić information content (AvgIpc) is 3.04. The number of aromatic nitrogens is 2. The van der Waals surface area contributed by atoms with E-state index in [9.17, 15) is 24.3 Å². The van der Waals surface area contributed by atoms with Gasteiger partial charge in [0.15, 0.2) is 17.2 Å². The highest BCUT2D eigenvalue weighted by atomic mass is 16.5. The molecule has 0 unspecified atom stereocenters. The normalized spacial score (nSPS) is 10.6. The number of furan rings is 1. The van der Waals surface area contributed by atoms with E-state index in [2.05, 4.69) is 10.4 Å². The second-order valence-electron chi connectivity index (χ2n) is 6.94. The van der Waals surface area contributed by atoms with Gasteiger partial charge in [-0.1, -0.05) is 12.1 Å². The van der Waals surface area contributed by atoms with Crippen LogP contribution in [0.5, 0.6) is 5.75 Å². The molecule has 2 heterocycles. The largest absolute Gasteiger partial charge is 0.505 e. The number of aromatic hydroxyl groups is 1. The summed E-state index contributed by atoms with van der Waals surface area (Å²) in [6, 6.07) is 7.69. The number of hydrogen-bond donors (Lipinski definition) is 2. The van der Waals surface area contributed by atoms with Gasteiger partial charge >= 0.3 is 5.97 Å². The van der Waals surface area contributed by atoms with Crippen molar-refractivity contribution in [3.8, 4) is 11.4 Å². The van der Waals surface area contributed by atoms with Crippen molar-refractivity contribution in [2.45, 2.75) is 27.7 Å². The minimum atomic E-state index is -0.960.